The molecule has 1 aromatic carbocycles. The first-order valence-corrected chi connectivity index (χ1v) is 12.0. The quantitative estimate of drug-likeness (QED) is 0.672. The fourth-order valence-corrected chi connectivity index (χ4v) is 4.51. The third-order valence-electron chi connectivity index (χ3n) is 4.42. The molecule has 2 N–H and O–H groups in total. The average molecular weight is 397 g/mol. The summed E-state index contributed by atoms with van der Waals surface area (Å²) in [4.78, 5) is 12.6. The van der Waals surface area contributed by atoms with E-state index in [-0.39, 0.29) is 11.9 Å². The lowest BCUT2D eigenvalue weighted by Crippen LogP contribution is -2.49. The average Bonchev–Trinajstić information content (AvgIpc) is 2.65. The summed E-state index contributed by atoms with van der Waals surface area (Å²) in [6.07, 6.45) is 9.34. The zero-order valence-corrected chi connectivity index (χ0v) is 16.8. The predicted octanol–water partition coefficient (Wildman–Crippen LogP) is 3.15. The fourth-order valence-electron chi connectivity index (χ4n) is 3.00. The van der Waals surface area contributed by atoms with Crippen molar-refractivity contribution in [2.24, 2.45) is 0 Å². The third kappa shape index (κ3) is 7.51. The predicted molar refractivity (Wildman–Crippen MR) is 109 cm³/mol. The summed E-state index contributed by atoms with van der Waals surface area (Å²) in [6, 6.07) is 8.64. The summed E-state index contributed by atoms with van der Waals surface area (Å²) in [5, 5.41) is 4.15. The van der Waals surface area contributed by atoms with Gasteiger partial charge in [-0.05, 0) is 42.9 Å². The van der Waals surface area contributed by atoms with E-state index in [1.165, 1.54) is 12.5 Å². The maximum absolute atomic E-state index is 12.6. The molecule has 0 unspecified atom stereocenters. The Kier molecular flexibility index (Phi) is 8.68. The first kappa shape index (κ1) is 21.0. The number of hydrogen-bond acceptors (Lipinski definition) is 4. The molecule has 26 heavy (non-hydrogen) atoms. The monoisotopic (exact) mass is 396 g/mol. The molecule has 0 heterocycles. The SMILES string of the molecule is CSCC[C@H](NS(=O)(=O)/C=C\c1ccccc1)C(=O)NC1CCCCC1. The lowest BCUT2D eigenvalue weighted by molar-refractivity contribution is -0.123. The number of sulfonamides is 1. The van der Waals surface area contributed by atoms with Crippen molar-refractivity contribution in [1.29, 1.82) is 0 Å². The van der Waals surface area contributed by atoms with Crippen molar-refractivity contribution in [2.45, 2.75) is 50.6 Å². The van der Waals surface area contributed by atoms with Gasteiger partial charge >= 0.3 is 0 Å². The number of benzene rings is 1. The molecule has 0 aromatic heterocycles. The molecule has 1 aliphatic carbocycles. The van der Waals surface area contributed by atoms with E-state index in [1.54, 1.807) is 11.8 Å². The van der Waals surface area contributed by atoms with E-state index in [0.29, 0.717) is 12.2 Å². The van der Waals surface area contributed by atoms with Gasteiger partial charge in [-0.2, -0.15) is 16.5 Å². The Morgan fingerprint density at radius 1 is 1.23 bits per heavy atom. The Hall–Kier alpha value is -1.31. The molecule has 0 saturated heterocycles. The number of hydrogen-bond donors (Lipinski definition) is 2. The van der Waals surface area contributed by atoms with E-state index in [9.17, 15) is 13.2 Å². The molecular weight excluding hydrogens is 368 g/mol. The summed E-state index contributed by atoms with van der Waals surface area (Å²) in [7, 11) is -3.70. The van der Waals surface area contributed by atoms with Gasteiger partial charge in [-0.3, -0.25) is 4.79 Å². The number of carbonyl (C=O) groups is 1. The maximum Gasteiger partial charge on any atom is 0.238 e. The second-order valence-electron chi connectivity index (χ2n) is 6.55. The van der Waals surface area contributed by atoms with E-state index in [1.807, 2.05) is 36.6 Å². The number of amides is 1. The summed E-state index contributed by atoms with van der Waals surface area (Å²) < 4.78 is 27.3. The van der Waals surface area contributed by atoms with Crippen molar-refractivity contribution in [3.05, 3.63) is 41.3 Å². The van der Waals surface area contributed by atoms with Crippen LogP contribution in [0.5, 0.6) is 0 Å². The third-order valence-corrected chi connectivity index (χ3v) is 6.18. The highest BCUT2D eigenvalue weighted by Gasteiger charge is 2.25. The van der Waals surface area contributed by atoms with Crippen molar-refractivity contribution >= 4 is 33.8 Å². The first-order valence-electron chi connectivity index (χ1n) is 9.05. The molecule has 1 amide bonds. The topological polar surface area (TPSA) is 75.3 Å². The molecule has 2 rings (SSSR count). The van der Waals surface area contributed by atoms with Crippen LogP contribution in [0.15, 0.2) is 35.7 Å². The van der Waals surface area contributed by atoms with Crippen molar-refractivity contribution in [2.75, 3.05) is 12.0 Å². The largest absolute Gasteiger partial charge is 0.352 e. The molecule has 5 nitrogen and oxygen atoms in total. The smallest absolute Gasteiger partial charge is 0.238 e. The van der Waals surface area contributed by atoms with Crippen LogP contribution in [0.4, 0.5) is 0 Å². The van der Waals surface area contributed by atoms with Gasteiger partial charge in [0.2, 0.25) is 15.9 Å². The lowest BCUT2D eigenvalue weighted by atomic mass is 9.95. The standard InChI is InChI=1S/C19H28N2O3S2/c1-25-14-12-18(19(22)20-17-10-6-3-7-11-17)21-26(23,24)15-13-16-8-4-2-5-9-16/h2,4-5,8-9,13,15,17-18,21H,3,6-7,10-12,14H2,1H3,(H,20,22)/b15-13-/t18-/m0/s1. The van der Waals surface area contributed by atoms with Gasteiger partial charge in [0.25, 0.3) is 0 Å². The van der Waals surface area contributed by atoms with Gasteiger partial charge in [0, 0.05) is 11.4 Å². The zero-order chi connectivity index (χ0) is 18.8. The van der Waals surface area contributed by atoms with Crippen LogP contribution < -0.4 is 10.0 Å². The van der Waals surface area contributed by atoms with Crippen LogP contribution in [-0.4, -0.2) is 38.4 Å². The first-order chi connectivity index (χ1) is 12.5. The van der Waals surface area contributed by atoms with Gasteiger partial charge in [-0.1, -0.05) is 49.6 Å². The molecular formula is C19H28N2O3S2. The summed E-state index contributed by atoms with van der Waals surface area (Å²) in [6.45, 7) is 0. The highest BCUT2D eigenvalue weighted by Crippen LogP contribution is 2.17. The van der Waals surface area contributed by atoms with Crippen LogP contribution in [0.2, 0.25) is 0 Å². The van der Waals surface area contributed by atoms with Gasteiger partial charge in [-0.25, -0.2) is 8.42 Å². The highest BCUT2D eigenvalue weighted by molar-refractivity contribution is 7.98. The van der Waals surface area contributed by atoms with Gasteiger partial charge in [0.15, 0.2) is 0 Å². The molecule has 1 aromatic rings. The molecule has 0 spiro atoms. The van der Waals surface area contributed by atoms with E-state index in [2.05, 4.69) is 10.0 Å². The number of thioether (sulfide) groups is 1. The minimum atomic E-state index is -3.70. The number of nitrogens with one attached hydrogen (secondary N) is 2. The van der Waals surface area contributed by atoms with Crippen LogP contribution in [0.1, 0.15) is 44.1 Å². The molecule has 0 aliphatic heterocycles. The number of carbonyl (C=O) groups excluding carboxylic acids is 1. The summed E-state index contributed by atoms with van der Waals surface area (Å²) in [5.74, 6) is 0.496. The Bertz CT molecular complexity index is 684. The van der Waals surface area contributed by atoms with Crippen LogP contribution in [0.25, 0.3) is 6.08 Å². The van der Waals surface area contributed by atoms with Crippen molar-refractivity contribution in [3.8, 4) is 0 Å². The molecule has 144 valence electrons. The molecule has 1 aliphatic rings. The summed E-state index contributed by atoms with van der Waals surface area (Å²) >= 11 is 1.60. The molecule has 0 bridgehead atoms. The second-order valence-corrected chi connectivity index (χ2v) is 9.14. The van der Waals surface area contributed by atoms with Crippen LogP contribution in [0, 0.1) is 0 Å². The lowest BCUT2D eigenvalue weighted by Gasteiger charge is -2.25. The molecule has 7 heteroatoms. The van der Waals surface area contributed by atoms with Gasteiger partial charge in [0.05, 0.1) is 0 Å². The van der Waals surface area contributed by atoms with E-state index in [4.69, 9.17) is 0 Å². The molecule has 0 radical (unpaired) electrons. The highest BCUT2D eigenvalue weighted by atomic mass is 32.2. The van der Waals surface area contributed by atoms with E-state index in [0.717, 1.165) is 36.7 Å². The Morgan fingerprint density at radius 3 is 2.58 bits per heavy atom. The fraction of sp³-hybridized carbons (Fsp3) is 0.526. The second kappa shape index (κ2) is 10.7. The van der Waals surface area contributed by atoms with Gasteiger partial charge in [-0.15, -0.1) is 0 Å². The van der Waals surface area contributed by atoms with Crippen LogP contribution in [-0.2, 0) is 14.8 Å². The Balaban J connectivity index is 2.00. The molecule has 1 saturated carbocycles. The molecule has 1 atom stereocenters. The normalized spacial score (nSPS) is 17.3. The van der Waals surface area contributed by atoms with Crippen molar-refractivity contribution in [1.82, 2.24) is 10.0 Å². The maximum atomic E-state index is 12.6. The zero-order valence-electron chi connectivity index (χ0n) is 15.2. The van der Waals surface area contributed by atoms with Crippen LogP contribution >= 0.6 is 11.8 Å². The van der Waals surface area contributed by atoms with Crippen LogP contribution in [0.3, 0.4) is 0 Å². The minimum absolute atomic E-state index is 0.164. The Morgan fingerprint density at radius 2 is 1.92 bits per heavy atom. The van der Waals surface area contributed by atoms with Gasteiger partial charge < -0.3 is 5.32 Å². The van der Waals surface area contributed by atoms with Crippen molar-refractivity contribution in [3.63, 3.8) is 0 Å². The summed E-state index contributed by atoms with van der Waals surface area (Å²) in [5.41, 5.74) is 0.796. The van der Waals surface area contributed by atoms with Gasteiger partial charge in [0.1, 0.15) is 6.04 Å². The minimum Gasteiger partial charge on any atom is -0.352 e. The molecule has 1 fully saturated rings. The van der Waals surface area contributed by atoms with E-state index >= 15 is 0 Å². The Labute approximate surface area is 161 Å². The number of rotatable bonds is 9. The van der Waals surface area contributed by atoms with E-state index < -0.39 is 16.1 Å². The van der Waals surface area contributed by atoms with Crippen molar-refractivity contribution < 1.29 is 13.2 Å².